The Bertz CT molecular complexity index is 350. The SMILES string of the molecule is CC(O)(CCl)Oc1ccc([N+](=O)[O-])cc1. The molecule has 82 valence electrons. The second kappa shape index (κ2) is 4.46. The molecule has 1 aromatic rings. The van der Waals surface area contributed by atoms with E-state index >= 15 is 0 Å². The molecule has 0 radical (unpaired) electrons. The number of nitro benzene ring substituents is 1. The summed E-state index contributed by atoms with van der Waals surface area (Å²) in [5.74, 6) is -1.24. The number of hydrogen-bond donors (Lipinski definition) is 1. The summed E-state index contributed by atoms with van der Waals surface area (Å²) in [4.78, 5) is 9.84. The molecule has 0 heterocycles. The molecule has 0 aromatic heterocycles. The Hall–Kier alpha value is -1.33. The molecule has 0 saturated carbocycles. The van der Waals surface area contributed by atoms with Crippen molar-refractivity contribution in [2.24, 2.45) is 0 Å². The highest BCUT2D eigenvalue weighted by Gasteiger charge is 2.20. The topological polar surface area (TPSA) is 72.6 Å². The molecule has 0 aliphatic heterocycles. The highest BCUT2D eigenvalue weighted by atomic mass is 35.5. The molecule has 1 rings (SSSR count). The number of hydrogen-bond acceptors (Lipinski definition) is 4. The van der Waals surface area contributed by atoms with Gasteiger partial charge in [-0.05, 0) is 12.1 Å². The van der Waals surface area contributed by atoms with Gasteiger partial charge in [0.1, 0.15) is 5.75 Å². The van der Waals surface area contributed by atoms with E-state index < -0.39 is 10.7 Å². The summed E-state index contributed by atoms with van der Waals surface area (Å²) in [5, 5.41) is 19.8. The summed E-state index contributed by atoms with van der Waals surface area (Å²) in [6, 6.07) is 5.39. The number of nitro groups is 1. The van der Waals surface area contributed by atoms with Crippen LogP contribution in [0.25, 0.3) is 0 Å². The third-order valence-electron chi connectivity index (χ3n) is 1.63. The van der Waals surface area contributed by atoms with Gasteiger partial charge >= 0.3 is 0 Å². The molecule has 1 aromatic carbocycles. The zero-order chi connectivity index (χ0) is 11.5. The molecule has 5 nitrogen and oxygen atoms in total. The lowest BCUT2D eigenvalue weighted by Gasteiger charge is -2.21. The Morgan fingerprint density at radius 3 is 2.47 bits per heavy atom. The van der Waals surface area contributed by atoms with E-state index in [4.69, 9.17) is 16.3 Å². The lowest BCUT2D eigenvalue weighted by molar-refractivity contribution is -0.384. The average Bonchev–Trinajstić information content (AvgIpc) is 2.18. The van der Waals surface area contributed by atoms with E-state index in [-0.39, 0.29) is 11.6 Å². The molecule has 0 aliphatic carbocycles. The van der Waals surface area contributed by atoms with Gasteiger partial charge in [0.25, 0.3) is 5.69 Å². The smallest absolute Gasteiger partial charge is 0.269 e. The molecular formula is C9H10ClNO4. The van der Waals surface area contributed by atoms with Gasteiger partial charge in [-0.15, -0.1) is 11.6 Å². The Labute approximate surface area is 91.4 Å². The van der Waals surface area contributed by atoms with Gasteiger partial charge in [-0.25, -0.2) is 0 Å². The summed E-state index contributed by atoms with van der Waals surface area (Å²) >= 11 is 5.44. The van der Waals surface area contributed by atoms with Crippen LogP contribution in [-0.2, 0) is 0 Å². The predicted molar refractivity (Wildman–Crippen MR) is 55.1 cm³/mol. The third-order valence-corrected chi connectivity index (χ3v) is 2.13. The minimum absolute atomic E-state index is 0.0344. The first kappa shape index (κ1) is 11.7. The standard InChI is InChI=1S/C9H10ClNO4/c1-9(12,6-10)15-8-4-2-7(3-5-8)11(13)14/h2-5,12H,6H2,1H3. The van der Waals surface area contributed by atoms with Crippen LogP contribution in [0.4, 0.5) is 5.69 Å². The fourth-order valence-electron chi connectivity index (χ4n) is 0.917. The van der Waals surface area contributed by atoms with Crippen molar-refractivity contribution in [3.05, 3.63) is 34.4 Å². The van der Waals surface area contributed by atoms with Crippen molar-refractivity contribution >= 4 is 17.3 Å². The van der Waals surface area contributed by atoms with Crippen molar-refractivity contribution in [2.45, 2.75) is 12.7 Å². The number of rotatable bonds is 4. The molecule has 1 atom stereocenters. The van der Waals surface area contributed by atoms with Gasteiger partial charge in [-0.1, -0.05) is 0 Å². The monoisotopic (exact) mass is 231 g/mol. The number of non-ortho nitro benzene ring substituents is 1. The minimum Gasteiger partial charge on any atom is -0.462 e. The van der Waals surface area contributed by atoms with Gasteiger partial charge < -0.3 is 9.84 Å². The highest BCUT2D eigenvalue weighted by Crippen LogP contribution is 2.21. The molecule has 0 saturated heterocycles. The molecule has 6 heteroatoms. The summed E-state index contributed by atoms with van der Waals surface area (Å²) < 4.78 is 5.09. The van der Waals surface area contributed by atoms with Crippen LogP contribution in [0.2, 0.25) is 0 Å². The molecule has 1 N–H and O–H groups in total. The fraction of sp³-hybridized carbons (Fsp3) is 0.333. The largest absolute Gasteiger partial charge is 0.462 e. The average molecular weight is 232 g/mol. The maximum Gasteiger partial charge on any atom is 0.269 e. The van der Waals surface area contributed by atoms with Crippen LogP contribution < -0.4 is 4.74 Å². The highest BCUT2D eigenvalue weighted by molar-refractivity contribution is 6.18. The van der Waals surface area contributed by atoms with Crippen LogP contribution in [0.5, 0.6) is 5.75 Å². The second-order valence-electron chi connectivity index (χ2n) is 3.16. The van der Waals surface area contributed by atoms with Gasteiger partial charge in [-0.2, -0.15) is 0 Å². The zero-order valence-corrected chi connectivity index (χ0v) is 8.77. The number of nitrogens with zero attached hydrogens (tertiary/aromatic N) is 1. The normalized spacial score (nSPS) is 14.3. The van der Waals surface area contributed by atoms with Gasteiger partial charge in [-0.3, -0.25) is 10.1 Å². The fourth-order valence-corrected chi connectivity index (χ4v) is 0.972. The van der Waals surface area contributed by atoms with E-state index in [1.54, 1.807) is 0 Å². The van der Waals surface area contributed by atoms with Crippen LogP contribution in [-0.4, -0.2) is 21.7 Å². The minimum atomic E-state index is -1.47. The number of benzene rings is 1. The van der Waals surface area contributed by atoms with Crippen molar-refractivity contribution in [1.29, 1.82) is 0 Å². The van der Waals surface area contributed by atoms with Crippen molar-refractivity contribution in [1.82, 2.24) is 0 Å². The van der Waals surface area contributed by atoms with Gasteiger partial charge in [0.2, 0.25) is 5.79 Å². The molecule has 1 unspecified atom stereocenters. The second-order valence-corrected chi connectivity index (χ2v) is 3.43. The summed E-state index contributed by atoms with van der Waals surface area (Å²) in [7, 11) is 0. The van der Waals surface area contributed by atoms with E-state index in [2.05, 4.69) is 0 Å². The quantitative estimate of drug-likeness (QED) is 0.372. The molecule has 0 aliphatic rings. The molecule has 15 heavy (non-hydrogen) atoms. The number of ether oxygens (including phenoxy) is 1. The van der Waals surface area contributed by atoms with Crippen LogP contribution in [0.3, 0.4) is 0 Å². The Morgan fingerprint density at radius 2 is 2.07 bits per heavy atom. The van der Waals surface area contributed by atoms with Crippen molar-refractivity contribution in [2.75, 3.05) is 5.88 Å². The van der Waals surface area contributed by atoms with Crippen molar-refractivity contribution in [3.8, 4) is 5.75 Å². The maximum absolute atomic E-state index is 10.3. The number of alkyl halides is 1. The zero-order valence-electron chi connectivity index (χ0n) is 8.01. The van der Waals surface area contributed by atoms with Gasteiger partial charge in [0.05, 0.1) is 10.8 Å². The first-order valence-corrected chi connectivity index (χ1v) is 4.70. The van der Waals surface area contributed by atoms with Crippen molar-refractivity contribution in [3.63, 3.8) is 0 Å². The Kier molecular flexibility index (Phi) is 3.49. The van der Waals surface area contributed by atoms with Gasteiger partial charge in [0.15, 0.2) is 0 Å². The molecule has 0 bridgehead atoms. The number of aliphatic hydroxyl groups is 1. The molecule has 0 amide bonds. The summed E-state index contributed by atoms with van der Waals surface area (Å²) in [6.45, 7) is 1.40. The van der Waals surface area contributed by atoms with E-state index in [0.29, 0.717) is 5.75 Å². The molecular weight excluding hydrogens is 222 g/mol. The molecule has 0 spiro atoms. The summed E-state index contributed by atoms with van der Waals surface area (Å²) in [6.07, 6.45) is 0. The van der Waals surface area contributed by atoms with E-state index in [1.165, 1.54) is 31.2 Å². The first-order chi connectivity index (χ1) is 6.94. The predicted octanol–water partition coefficient (Wildman–Crippen LogP) is 1.92. The third kappa shape index (κ3) is 3.38. The van der Waals surface area contributed by atoms with E-state index in [0.717, 1.165) is 0 Å². The first-order valence-electron chi connectivity index (χ1n) is 4.16. The van der Waals surface area contributed by atoms with Gasteiger partial charge in [0, 0.05) is 19.1 Å². The van der Waals surface area contributed by atoms with E-state index in [9.17, 15) is 15.2 Å². The van der Waals surface area contributed by atoms with Crippen LogP contribution in [0, 0.1) is 10.1 Å². The summed E-state index contributed by atoms with van der Waals surface area (Å²) in [5.41, 5.74) is -0.0344. The molecule has 0 fully saturated rings. The lowest BCUT2D eigenvalue weighted by Crippen LogP contribution is -2.33. The maximum atomic E-state index is 10.3. The Balaban J connectivity index is 2.77. The van der Waals surface area contributed by atoms with E-state index in [1.807, 2.05) is 0 Å². The van der Waals surface area contributed by atoms with Crippen LogP contribution >= 0.6 is 11.6 Å². The van der Waals surface area contributed by atoms with Crippen LogP contribution in [0.15, 0.2) is 24.3 Å². The lowest BCUT2D eigenvalue weighted by atomic mass is 10.3. The number of halogens is 1. The Morgan fingerprint density at radius 1 is 1.53 bits per heavy atom. The van der Waals surface area contributed by atoms with Crippen molar-refractivity contribution < 1.29 is 14.8 Å². The van der Waals surface area contributed by atoms with Crippen LogP contribution in [0.1, 0.15) is 6.92 Å².